The van der Waals surface area contributed by atoms with Crippen molar-refractivity contribution in [2.75, 3.05) is 18.5 Å². The van der Waals surface area contributed by atoms with E-state index in [1.165, 1.54) is 12.1 Å². The Kier molecular flexibility index (Phi) is 5.15. The number of aromatic nitrogens is 1. The van der Waals surface area contributed by atoms with Gasteiger partial charge in [0.15, 0.2) is 0 Å². The van der Waals surface area contributed by atoms with Gasteiger partial charge in [-0.05, 0) is 49.2 Å². The van der Waals surface area contributed by atoms with E-state index >= 15 is 0 Å². The number of benzene rings is 2. The maximum Gasteiger partial charge on any atom is 0.233 e. The number of anilines is 1. The second-order valence-corrected chi connectivity index (χ2v) is 8.36. The smallest absolute Gasteiger partial charge is 0.233 e. The predicted octanol–water partition coefficient (Wildman–Crippen LogP) is 3.90. The van der Waals surface area contributed by atoms with Crippen LogP contribution in [0.5, 0.6) is 0 Å². The fraction of sp³-hybridized carbons (Fsp3) is 0.250. The predicted molar refractivity (Wildman–Crippen MR) is 101 cm³/mol. The molecule has 0 spiro atoms. The van der Waals surface area contributed by atoms with Crippen LogP contribution in [0.3, 0.4) is 0 Å². The van der Waals surface area contributed by atoms with Crippen molar-refractivity contribution >= 4 is 15.7 Å². The van der Waals surface area contributed by atoms with Gasteiger partial charge in [-0.2, -0.15) is 4.98 Å². The molecule has 0 aliphatic carbocycles. The number of oxazole rings is 1. The van der Waals surface area contributed by atoms with E-state index in [1.54, 1.807) is 12.1 Å². The van der Waals surface area contributed by atoms with Crippen LogP contribution in [-0.4, -0.2) is 32.7 Å². The highest BCUT2D eigenvalue weighted by atomic mass is 32.2. The first-order chi connectivity index (χ1) is 13.5. The molecule has 0 radical (unpaired) electrons. The highest BCUT2D eigenvalue weighted by molar-refractivity contribution is 7.91. The van der Waals surface area contributed by atoms with Crippen molar-refractivity contribution in [2.45, 2.75) is 28.9 Å². The molecule has 1 aliphatic rings. The van der Waals surface area contributed by atoms with Crippen LogP contribution >= 0.6 is 0 Å². The Morgan fingerprint density at radius 1 is 1.11 bits per heavy atom. The van der Waals surface area contributed by atoms with E-state index in [0.717, 1.165) is 25.0 Å². The molecule has 1 fully saturated rings. The van der Waals surface area contributed by atoms with Gasteiger partial charge in [0.25, 0.3) is 0 Å². The lowest BCUT2D eigenvalue weighted by Crippen LogP contribution is -2.19. The number of nitrogens with zero attached hydrogens (tertiary/aromatic N) is 1. The third kappa shape index (κ3) is 3.79. The lowest BCUT2D eigenvalue weighted by atomic mass is 10.2. The van der Waals surface area contributed by atoms with Gasteiger partial charge in [0.2, 0.25) is 26.6 Å². The SMILES string of the molecule is O=S(=O)(c1ccc(F)cc1)c1nc(-c2ccccc2)oc1NCC1CCCO1. The zero-order chi connectivity index (χ0) is 19.6. The second kappa shape index (κ2) is 7.73. The average molecular weight is 402 g/mol. The summed E-state index contributed by atoms with van der Waals surface area (Å²) >= 11 is 0. The first-order valence-electron chi connectivity index (χ1n) is 8.96. The van der Waals surface area contributed by atoms with E-state index in [9.17, 15) is 12.8 Å². The highest BCUT2D eigenvalue weighted by Gasteiger charge is 2.29. The van der Waals surface area contributed by atoms with Crippen molar-refractivity contribution in [3.05, 3.63) is 60.4 Å². The van der Waals surface area contributed by atoms with Crippen molar-refractivity contribution in [3.63, 3.8) is 0 Å². The molecule has 1 unspecified atom stereocenters. The Labute approximate surface area is 162 Å². The molecule has 4 rings (SSSR count). The van der Waals surface area contributed by atoms with Crippen molar-refractivity contribution in [1.29, 1.82) is 0 Å². The maximum atomic E-state index is 13.2. The van der Waals surface area contributed by atoms with E-state index in [1.807, 2.05) is 18.2 Å². The van der Waals surface area contributed by atoms with E-state index < -0.39 is 15.7 Å². The van der Waals surface area contributed by atoms with Crippen LogP contribution in [0, 0.1) is 5.82 Å². The molecular formula is C20H19FN2O4S. The summed E-state index contributed by atoms with van der Waals surface area (Å²) in [6, 6.07) is 13.7. The summed E-state index contributed by atoms with van der Waals surface area (Å²) in [6.07, 6.45) is 1.86. The molecule has 1 atom stereocenters. The Bertz CT molecular complexity index is 1040. The normalized spacial score (nSPS) is 17.0. The second-order valence-electron chi connectivity index (χ2n) is 6.49. The molecule has 2 heterocycles. The van der Waals surface area contributed by atoms with Gasteiger partial charge in [-0.1, -0.05) is 18.2 Å². The topological polar surface area (TPSA) is 81.4 Å². The number of ether oxygens (including phenoxy) is 1. The molecule has 146 valence electrons. The van der Waals surface area contributed by atoms with Crippen LogP contribution < -0.4 is 5.32 Å². The van der Waals surface area contributed by atoms with Crippen LogP contribution in [0.4, 0.5) is 10.3 Å². The van der Waals surface area contributed by atoms with Gasteiger partial charge in [-0.25, -0.2) is 12.8 Å². The summed E-state index contributed by atoms with van der Waals surface area (Å²) in [4.78, 5) is 4.19. The summed E-state index contributed by atoms with van der Waals surface area (Å²) in [6.45, 7) is 1.11. The summed E-state index contributed by atoms with van der Waals surface area (Å²) in [5, 5.41) is 2.80. The van der Waals surface area contributed by atoms with E-state index in [4.69, 9.17) is 9.15 Å². The third-order valence-corrected chi connectivity index (χ3v) is 6.19. The molecule has 0 saturated carbocycles. The Morgan fingerprint density at radius 2 is 1.86 bits per heavy atom. The lowest BCUT2D eigenvalue weighted by Gasteiger charge is -2.10. The van der Waals surface area contributed by atoms with Gasteiger partial charge in [0.05, 0.1) is 11.0 Å². The molecule has 6 nitrogen and oxygen atoms in total. The Morgan fingerprint density at radius 3 is 2.54 bits per heavy atom. The quantitative estimate of drug-likeness (QED) is 0.630. The van der Waals surface area contributed by atoms with E-state index in [-0.39, 0.29) is 27.8 Å². The van der Waals surface area contributed by atoms with Crippen molar-refractivity contribution in [3.8, 4) is 11.5 Å². The average Bonchev–Trinajstić information content (AvgIpc) is 3.37. The molecular weight excluding hydrogens is 383 g/mol. The largest absolute Gasteiger partial charge is 0.419 e. The molecule has 2 aromatic carbocycles. The minimum Gasteiger partial charge on any atom is -0.419 e. The van der Waals surface area contributed by atoms with Crippen LogP contribution in [-0.2, 0) is 14.6 Å². The molecule has 1 N–H and O–H groups in total. The van der Waals surface area contributed by atoms with Gasteiger partial charge < -0.3 is 14.5 Å². The fourth-order valence-corrected chi connectivity index (χ4v) is 4.32. The minimum atomic E-state index is -3.99. The number of halogens is 1. The Hall–Kier alpha value is -2.71. The zero-order valence-corrected chi connectivity index (χ0v) is 15.8. The number of hydrogen-bond donors (Lipinski definition) is 1. The number of hydrogen-bond acceptors (Lipinski definition) is 6. The van der Waals surface area contributed by atoms with Crippen molar-refractivity contribution < 1.29 is 22.0 Å². The third-order valence-electron chi connectivity index (χ3n) is 4.51. The summed E-state index contributed by atoms with van der Waals surface area (Å²) in [5.41, 5.74) is 0.656. The molecule has 1 aliphatic heterocycles. The summed E-state index contributed by atoms with van der Waals surface area (Å²) in [5.74, 6) is -0.268. The van der Waals surface area contributed by atoms with E-state index in [2.05, 4.69) is 10.3 Å². The lowest BCUT2D eigenvalue weighted by molar-refractivity contribution is 0.120. The van der Waals surface area contributed by atoms with Crippen molar-refractivity contribution in [1.82, 2.24) is 4.98 Å². The van der Waals surface area contributed by atoms with Crippen LogP contribution in [0.25, 0.3) is 11.5 Å². The molecule has 0 amide bonds. The summed E-state index contributed by atoms with van der Waals surface area (Å²) < 4.78 is 50.7. The van der Waals surface area contributed by atoms with Gasteiger partial charge in [0.1, 0.15) is 5.82 Å². The van der Waals surface area contributed by atoms with Gasteiger partial charge >= 0.3 is 0 Å². The monoisotopic (exact) mass is 402 g/mol. The first kappa shape index (κ1) is 18.6. The molecule has 1 aromatic heterocycles. The number of sulfone groups is 1. The van der Waals surface area contributed by atoms with Gasteiger partial charge in [-0.3, -0.25) is 0 Å². The highest BCUT2D eigenvalue weighted by Crippen LogP contribution is 2.32. The molecule has 1 saturated heterocycles. The molecule has 28 heavy (non-hydrogen) atoms. The van der Waals surface area contributed by atoms with Gasteiger partial charge in [0, 0.05) is 18.7 Å². The minimum absolute atomic E-state index is 0.00773. The van der Waals surface area contributed by atoms with Gasteiger partial charge in [-0.15, -0.1) is 0 Å². The Balaban J connectivity index is 1.72. The zero-order valence-electron chi connectivity index (χ0n) is 15.0. The van der Waals surface area contributed by atoms with Crippen molar-refractivity contribution in [2.24, 2.45) is 0 Å². The molecule has 3 aromatic rings. The summed E-state index contributed by atoms with van der Waals surface area (Å²) in [7, 11) is -3.99. The van der Waals surface area contributed by atoms with Crippen LogP contribution in [0.15, 0.2) is 68.9 Å². The van der Waals surface area contributed by atoms with E-state index in [0.29, 0.717) is 18.7 Å². The molecule has 0 bridgehead atoms. The first-order valence-corrected chi connectivity index (χ1v) is 10.4. The number of rotatable bonds is 6. The van der Waals surface area contributed by atoms with Crippen LogP contribution in [0.2, 0.25) is 0 Å². The standard InChI is InChI=1S/C20H19FN2O4S/c21-15-8-10-17(11-9-15)28(24,25)20-19(22-13-16-7-4-12-26-16)27-18(23-20)14-5-2-1-3-6-14/h1-3,5-6,8-11,16,22H,4,7,12-13H2. The van der Waals surface area contributed by atoms with Crippen LogP contribution in [0.1, 0.15) is 12.8 Å². The maximum absolute atomic E-state index is 13.2. The fourth-order valence-electron chi connectivity index (χ4n) is 3.04. The number of nitrogens with one attached hydrogen (secondary N) is 1. The molecule has 8 heteroatoms.